The molecular weight excluding hydrogens is 287 g/mol. The van der Waals surface area contributed by atoms with Crippen LogP contribution in [0, 0.1) is 0 Å². The van der Waals surface area contributed by atoms with Crippen molar-refractivity contribution in [1.29, 1.82) is 0 Å². The van der Waals surface area contributed by atoms with E-state index in [4.69, 9.17) is 9.84 Å². The van der Waals surface area contributed by atoms with Crippen molar-refractivity contribution >= 4 is 5.97 Å². The number of aliphatic carboxylic acids is 1. The quantitative estimate of drug-likeness (QED) is 0.841. The molecule has 0 bridgehead atoms. The van der Waals surface area contributed by atoms with Gasteiger partial charge in [-0.2, -0.15) is 13.2 Å². The van der Waals surface area contributed by atoms with Gasteiger partial charge in [-0.05, 0) is 25.0 Å². The van der Waals surface area contributed by atoms with Crippen molar-refractivity contribution in [2.45, 2.75) is 25.6 Å². The summed E-state index contributed by atoms with van der Waals surface area (Å²) in [4.78, 5) is 11.6. The molecule has 4 nitrogen and oxygen atoms in total. The topological polar surface area (TPSA) is 49.8 Å². The second kappa shape index (κ2) is 7.31. The molecule has 0 aliphatic rings. The molecule has 0 spiro atoms. The molecule has 0 amide bonds. The molecule has 0 heterocycles. The molecule has 1 aromatic rings. The summed E-state index contributed by atoms with van der Waals surface area (Å²) in [5.41, 5.74) is 0.741. The first kappa shape index (κ1) is 17.3. The molecule has 0 radical (unpaired) electrons. The lowest BCUT2D eigenvalue weighted by molar-refractivity contribution is -0.157. The van der Waals surface area contributed by atoms with E-state index in [0.29, 0.717) is 5.75 Å². The Morgan fingerprint density at radius 3 is 2.52 bits per heavy atom. The lowest BCUT2D eigenvalue weighted by Crippen LogP contribution is -2.44. The molecular formula is C14H18F3NO3. The van der Waals surface area contributed by atoms with Crippen LogP contribution in [0.1, 0.15) is 12.5 Å². The largest absolute Gasteiger partial charge is 0.496 e. The highest BCUT2D eigenvalue weighted by molar-refractivity contribution is 5.69. The average Bonchev–Trinajstić information content (AvgIpc) is 2.36. The molecule has 118 valence electrons. The summed E-state index contributed by atoms with van der Waals surface area (Å²) in [7, 11) is 1.48. The van der Waals surface area contributed by atoms with Crippen LogP contribution in [-0.4, -0.2) is 48.4 Å². The molecule has 1 aromatic carbocycles. The predicted molar refractivity (Wildman–Crippen MR) is 71.4 cm³/mol. The van der Waals surface area contributed by atoms with Crippen LogP contribution < -0.4 is 4.74 Å². The van der Waals surface area contributed by atoms with Gasteiger partial charge < -0.3 is 9.84 Å². The number of halogens is 3. The van der Waals surface area contributed by atoms with E-state index in [1.54, 1.807) is 31.2 Å². The first-order chi connectivity index (χ1) is 9.73. The maximum absolute atomic E-state index is 12.5. The highest BCUT2D eigenvalue weighted by Crippen LogP contribution is 2.23. The maximum atomic E-state index is 12.5. The first-order valence-corrected chi connectivity index (χ1v) is 6.37. The van der Waals surface area contributed by atoms with Crippen molar-refractivity contribution in [3.8, 4) is 5.75 Å². The molecule has 0 aromatic heterocycles. The van der Waals surface area contributed by atoms with Crippen LogP contribution in [0.5, 0.6) is 5.75 Å². The minimum Gasteiger partial charge on any atom is -0.496 e. The Bertz CT molecular complexity index is 477. The van der Waals surface area contributed by atoms with Crippen LogP contribution in [0.2, 0.25) is 0 Å². The number of benzene rings is 1. The molecule has 0 aliphatic carbocycles. The van der Waals surface area contributed by atoms with Crippen LogP contribution in [0.3, 0.4) is 0 Å². The Morgan fingerprint density at radius 1 is 1.38 bits per heavy atom. The molecule has 0 saturated carbocycles. The lowest BCUT2D eigenvalue weighted by Gasteiger charge is -2.28. The van der Waals surface area contributed by atoms with Gasteiger partial charge in [0, 0.05) is 6.04 Å². The van der Waals surface area contributed by atoms with Gasteiger partial charge in [-0.15, -0.1) is 0 Å². The average molecular weight is 305 g/mol. The van der Waals surface area contributed by atoms with Gasteiger partial charge in [0.2, 0.25) is 0 Å². The van der Waals surface area contributed by atoms with Crippen LogP contribution in [0.25, 0.3) is 0 Å². The Balaban J connectivity index is 2.84. The Labute approximate surface area is 121 Å². The van der Waals surface area contributed by atoms with E-state index in [1.807, 2.05) is 0 Å². The zero-order valence-electron chi connectivity index (χ0n) is 11.9. The number of methoxy groups -OCH3 is 1. The van der Waals surface area contributed by atoms with Gasteiger partial charge in [-0.25, -0.2) is 0 Å². The van der Waals surface area contributed by atoms with E-state index in [-0.39, 0.29) is 6.42 Å². The number of alkyl halides is 3. The lowest BCUT2D eigenvalue weighted by atomic mass is 10.0. The number of carbonyl (C=O) groups is 1. The second-order valence-corrected chi connectivity index (χ2v) is 4.78. The van der Waals surface area contributed by atoms with Gasteiger partial charge in [-0.3, -0.25) is 9.69 Å². The minimum atomic E-state index is -4.44. The minimum absolute atomic E-state index is 0.271. The van der Waals surface area contributed by atoms with Gasteiger partial charge in [0.05, 0.1) is 20.2 Å². The maximum Gasteiger partial charge on any atom is 0.401 e. The Kier molecular flexibility index (Phi) is 6.02. The van der Waals surface area contributed by atoms with E-state index < -0.39 is 31.3 Å². The number of hydrogen-bond donors (Lipinski definition) is 1. The molecule has 1 atom stereocenters. The van der Waals surface area contributed by atoms with Crippen molar-refractivity contribution in [1.82, 2.24) is 4.90 Å². The van der Waals surface area contributed by atoms with E-state index in [2.05, 4.69) is 0 Å². The van der Waals surface area contributed by atoms with Gasteiger partial charge in [0.25, 0.3) is 0 Å². The number of para-hydroxylation sites is 1. The fourth-order valence-electron chi connectivity index (χ4n) is 2.09. The number of rotatable bonds is 7. The molecule has 0 saturated heterocycles. The summed E-state index contributed by atoms with van der Waals surface area (Å²) < 4.78 is 42.8. The third kappa shape index (κ3) is 6.03. The smallest absolute Gasteiger partial charge is 0.401 e. The van der Waals surface area contributed by atoms with E-state index >= 15 is 0 Å². The standard InChI is InChI=1S/C14H18F3NO3/c1-10(7-11-5-3-4-6-12(11)21-2)18(8-13(19)20)9-14(15,16)17/h3-6,10H,7-9H2,1-2H3,(H,19,20). The fraction of sp³-hybridized carbons (Fsp3) is 0.500. The summed E-state index contributed by atoms with van der Waals surface area (Å²) in [6, 6.07) is 6.40. The SMILES string of the molecule is COc1ccccc1CC(C)N(CC(=O)O)CC(F)(F)F. The van der Waals surface area contributed by atoms with Crippen LogP contribution in [0.15, 0.2) is 24.3 Å². The molecule has 7 heteroatoms. The van der Waals surface area contributed by atoms with Crippen molar-refractivity contribution in [2.24, 2.45) is 0 Å². The van der Waals surface area contributed by atoms with Crippen molar-refractivity contribution < 1.29 is 27.8 Å². The Hall–Kier alpha value is -1.76. The van der Waals surface area contributed by atoms with Gasteiger partial charge in [0.15, 0.2) is 0 Å². The Morgan fingerprint density at radius 2 is 2.00 bits per heavy atom. The molecule has 1 N–H and O–H groups in total. The summed E-state index contributed by atoms with van der Waals surface area (Å²) in [5, 5.41) is 8.76. The number of hydrogen-bond acceptors (Lipinski definition) is 3. The molecule has 21 heavy (non-hydrogen) atoms. The number of carboxylic acids is 1. The van der Waals surface area contributed by atoms with E-state index in [1.165, 1.54) is 7.11 Å². The summed E-state index contributed by atoms with van der Waals surface area (Å²) >= 11 is 0. The fourth-order valence-corrected chi connectivity index (χ4v) is 2.09. The first-order valence-electron chi connectivity index (χ1n) is 6.37. The van der Waals surface area contributed by atoms with Crippen molar-refractivity contribution in [3.63, 3.8) is 0 Å². The number of ether oxygens (including phenoxy) is 1. The summed E-state index contributed by atoms with van der Waals surface area (Å²) in [6.07, 6.45) is -4.17. The van der Waals surface area contributed by atoms with Gasteiger partial charge in [0.1, 0.15) is 5.75 Å². The molecule has 1 unspecified atom stereocenters. The highest BCUT2D eigenvalue weighted by Gasteiger charge is 2.33. The van der Waals surface area contributed by atoms with Gasteiger partial charge in [-0.1, -0.05) is 18.2 Å². The third-order valence-corrected chi connectivity index (χ3v) is 3.05. The summed E-state index contributed by atoms with van der Waals surface area (Å²) in [5.74, 6) is -0.710. The third-order valence-electron chi connectivity index (χ3n) is 3.05. The monoisotopic (exact) mass is 305 g/mol. The highest BCUT2D eigenvalue weighted by atomic mass is 19.4. The molecule has 0 aliphatic heterocycles. The van der Waals surface area contributed by atoms with E-state index in [0.717, 1.165) is 10.5 Å². The normalized spacial score (nSPS) is 13.2. The second-order valence-electron chi connectivity index (χ2n) is 4.78. The zero-order valence-corrected chi connectivity index (χ0v) is 11.9. The van der Waals surface area contributed by atoms with E-state index in [9.17, 15) is 18.0 Å². The number of nitrogens with zero attached hydrogens (tertiary/aromatic N) is 1. The van der Waals surface area contributed by atoms with Crippen molar-refractivity contribution in [2.75, 3.05) is 20.2 Å². The van der Waals surface area contributed by atoms with Gasteiger partial charge >= 0.3 is 12.1 Å². The zero-order chi connectivity index (χ0) is 16.0. The van der Waals surface area contributed by atoms with Crippen molar-refractivity contribution in [3.05, 3.63) is 29.8 Å². The number of carboxylic acid groups (broad SMARTS) is 1. The molecule has 0 fully saturated rings. The molecule has 1 rings (SSSR count). The van der Waals surface area contributed by atoms with Crippen LogP contribution in [-0.2, 0) is 11.2 Å². The predicted octanol–water partition coefficient (Wildman–Crippen LogP) is 2.58. The van der Waals surface area contributed by atoms with Crippen LogP contribution >= 0.6 is 0 Å². The van der Waals surface area contributed by atoms with Crippen LogP contribution in [0.4, 0.5) is 13.2 Å². The summed E-state index contributed by atoms with van der Waals surface area (Å²) in [6.45, 7) is -0.341.